The second kappa shape index (κ2) is 6.56. The van der Waals surface area contributed by atoms with Gasteiger partial charge in [0.05, 0.1) is 19.8 Å². The highest BCUT2D eigenvalue weighted by Crippen LogP contribution is 2.53. The first-order valence-corrected chi connectivity index (χ1v) is 8.71. The number of hydrogen-bond acceptors (Lipinski definition) is 7. The van der Waals surface area contributed by atoms with Gasteiger partial charge >= 0.3 is 0 Å². The van der Waals surface area contributed by atoms with E-state index in [2.05, 4.69) is 0 Å². The Balaban J connectivity index is 2.22. The van der Waals surface area contributed by atoms with Gasteiger partial charge in [-0.15, -0.1) is 0 Å². The first-order chi connectivity index (χ1) is 12.7. The second-order valence-corrected chi connectivity index (χ2v) is 7.21. The van der Waals surface area contributed by atoms with E-state index in [1.807, 2.05) is 0 Å². The van der Waals surface area contributed by atoms with Crippen LogP contribution in [0.25, 0.3) is 0 Å². The van der Waals surface area contributed by atoms with Gasteiger partial charge in [0, 0.05) is 38.7 Å². The highest BCUT2D eigenvalue weighted by Gasteiger charge is 2.63. The predicted molar refractivity (Wildman–Crippen MR) is 97.8 cm³/mol. The number of carbonyl (C=O) groups is 3. The zero-order chi connectivity index (χ0) is 20.1. The molecule has 3 rings (SSSR count). The smallest absolute Gasteiger partial charge is 0.237 e. The number of Topliss-reactive ketones (excluding diaryl/α,β-unsaturated/α-hetero) is 3. The van der Waals surface area contributed by atoms with Crippen LogP contribution in [0.3, 0.4) is 0 Å². The molecule has 0 aromatic heterocycles. The first kappa shape index (κ1) is 19.2. The number of methoxy groups -OCH3 is 2. The van der Waals surface area contributed by atoms with Crippen LogP contribution in [0, 0.1) is 5.92 Å². The lowest BCUT2D eigenvalue weighted by Crippen LogP contribution is -2.58. The molecule has 0 amide bonds. The Morgan fingerprint density at radius 1 is 1.19 bits per heavy atom. The molecule has 7 nitrogen and oxygen atoms in total. The second-order valence-electron chi connectivity index (χ2n) is 6.83. The van der Waals surface area contributed by atoms with Crippen molar-refractivity contribution in [3.8, 4) is 17.2 Å². The standard InChI is InChI=1S/C19H20ClNO6/c1-9-6-11(22)10(8-21(2)3)17(23)19(9)18(24)14-12(25-4)7-13(26-5)15(20)16(14)27-19/h7-9H,6H2,1-5H3/b10-8-/t9-,19+/m1/s1. The minimum Gasteiger partial charge on any atom is -0.496 e. The van der Waals surface area contributed by atoms with Gasteiger partial charge in [0.15, 0.2) is 11.5 Å². The largest absolute Gasteiger partial charge is 0.496 e. The molecule has 0 unspecified atom stereocenters. The number of benzene rings is 1. The van der Waals surface area contributed by atoms with E-state index in [-0.39, 0.29) is 45.6 Å². The van der Waals surface area contributed by atoms with Gasteiger partial charge in [0.25, 0.3) is 0 Å². The molecule has 1 aliphatic carbocycles. The molecular formula is C19H20ClNO6. The highest BCUT2D eigenvalue weighted by atomic mass is 35.5. The van der Waals surface area contributed by atoms with E-state index >= 15 is 0 Å². The minimum absolute atomic E-state index is 0.00219. The lowest BCUT2D eigenvalue weighted by molar-refractivity contribution is -0.137. The minimum atomic E-state index is -1.85. The molecule has 0 bridgehead atoms. The maximum Gasteiger partial charge on any atom is 0.237 e. The fraction of sp³-hybridized carbons (Fsp3) is 0.421. The third-order valence-corrected chi connectivity index (χ3v) is 5.23. The number of fused-ring (bicyclic) bond motifs is 1. The number of carbonyl (C=O) groups excluding carboxylic acids is 3. The number of halogens is 1. The third-order valence-electron chi connectivity index (χ3n) is 4.87. The summed E-state index contributed by atoms with van der Waals surface area (Å²) < 4.78 is 16.5. The SMILES string of the molecule is COc1cc(OC)c2c(c1Cl)O[C@@]1(C(=O)/C(=C\N(C)C)C(=O)C[C@H]1C)C2=O. The fourth-order valence-corrected chi connectivity index (χ4v) is 3.81. The van der Waals surface area contributed by atoms with Crippen molar-refractivity contribution in [3.05, 3.63) is 28.4 Å². The summed E-state index contributed by atoms with van der Waals surface area (Å²) >= 11 is 6.34. The van der Waals surface area contributed by atoms with Crippen molar-refractivity contribution in [3.63, 3.8) is 0 Å². The van der Waals surface area contributed by atoms with Crippen LogP contribution in [0.4, 0.5) is 0 Å². The molecule has 8 heteroatoms. The van der Waals surface area contributed by atoms with Gasteiger partial charge in [-0.2, -0.15) is 0 Å². The Morgan fingerprint density at radius 3 is 2.37 bits per heavy atom. The van der Waals surface area contributed by atoms with Crippen molar-refractivity contribution in [2.24, 2.45) is 5.92 Å². The molecule has 1 saturated carbocycles. The molecule has 1 aliphatic heterocycles. The molecule has 1 aromatic rings. The molecule has 2 aliphatic rings. The van der Waals surface area contributed by atoms with Crippen LogP contribution in [-0.2, 0) is 9.59 Å². The average Bonchev–Trinajstić information content (AvgIpc) is 2.93. The summed E-state index contributed by atoms with van der Waals surface area (Å²) in [6.45, 7) is 1.64. The Bertz CT molecular complexity index is 891. The lowest BCUT2D eigenvalue weighted by atomic mass is 9.70. The van der Waals surface area contributed by atoms with Crippen LogP contribution < -0.4 is 14.2 Å². The van der Waals surface area contributed by atoms with E-state index in [1.54, 1.807) is 25.9 Å². The third kappa shape index (κ3) is 2.60. The first-order valence-electron chi connectivity index (χ1n) is 8.33. The van der Waals surface area contributed by atoms with Crippen molar-refractivity contribution >= 4 is 29.0 Å². The van der Waals surface area contributed by atoms with Crippen LogP contribution in [0.15, 0.2) is 17.8 Å². The summed E-state index contributed by atoms with van der Waals surface area (Å²) in [5.41, 5.74) is -1.83. The summed E-state index contributed by atoms with van der Waals surface area (Å²) in [5, 5.41) is 0.0774. The quantitative estimate of drug-likeness (QED) is 0.442. The van der Waals surface area contributed by atoms with Gasteiger partial charge in [0.1, 0.15) is 22.1 Å². The van der Waals surface area contributed by atoms with Gasteiger partial charge in [-0.05, 0) is 0 Å². The molecule has 2 atom stereocenters. The zero-order valence-corrected chi connectivity index (χ0v) is 16.5. The van der Waals surface area contributed by atoms with E-state index in [0.29, 0.717) is 0 Å². The summed E-state index contributed by atoms with van der Waals surface area (Å²) in [7, 11) is 6.20. The molecule has 144 valence electrons. The molecular weight excluding hydrogens is 374 g/mol. The summed E-state index contributed by atoms with van der Waals surface area (Å²) in [6, 6.07) is 1.47. The monoisotopic (exact) mass is 393 g/mol. The van der Waals surface area contributed by atoms with Crippen molar-refractivity contribution < 1.29 is 28.6 Å². The topological polar surface area (TPSA) is 82.1 Å². The van der Waals surface area contributed by atoms with E-state index in [4.69, 9.17) is 25.8 Å². The zero-order valence-electron chi connectivity index (χ0n) is 15.7. The fourth-order valence-electron chi connectivity index (χ4n) is 3.55. The van der Waals surface area contributed by atoms with Crippen LogP contribution in [0.5, 0.6) is 17.2 Å². The number of ketones is 3. The van der Waals surface area contributed by atoms with Crippen LogP contribution in [-0.4, -0.2) is 56.2 Å². The van der Waals surface area contributed by atoms with Gasteiger partial charge in [-0.3, -0.25) is 14.4 Å². The highest BCUT2D eigenvalue weighted by molar-refractivity contribution is 6.38. The molecule has 0 N–H and O–H groups in total. The average molecular weight is 394 g/mol. The lowest BCUT2D eigenvalue weighted by Gasteiger charge is -2.36. The maximum absolute atomic E-state index is 13.4. The normalized spacial score (nSPS) is 25.6. The molecule has 0 saturated heterocycles. The van der Waals surface area contributed by atoms with Crippen molar-refractivity contribution in [2.75, 3.05) is 28.3 Å². The molecule has 1 fully saturated rings. The number of nitrogens with zero attached hydrogens (tertiary/aromatic N) is 1. The van der Waals surface area contributed by atoms with Crippen LogP contribution >= 0.6 is 11.6 Å². The van der Waals surface area contributed by atoms with Gasteiger partial charge < -0.3 is 19.1 Å². The molecule has 27 heavy (non-hydrogen) atoms. The molecule has 1 heterocycles. The Labute approximate surface area is 161 Å². The van der Waals surface area contributed by atoms with E-state index in [1.165, 1.54) is 26.5 Å². The predicted octanol–water partition coefficient (Wildman–Crippen LogP) is 2.29. The summed E-state index contributed by atoms with van der Waals surface area (Å²) in [4.78, 5) is 40.6. The van der Waals surface area contributed by atoms with Gasteiger partial charge in [0.2, 0.25) is 17.2 Å². The summed E-state index contributed by atoms with van der Waals surface area (Å²) in [5.74, 6) is -1.72. The van der Waals surface area contributed by atoms with Gasteiger partial charge in [-0.1, -0.05) is 18.5 Å². The van der Waals surface area contributed by atoms with Crippen LogP contribution in [0.2, 0.25) is 5.02 Å². The van der Waals surface area contributed by atoms with Gasteiger partial charge in [-0.25, -0.2) is 0 Å². The van der Waals surface area contributed by atoms with Crippen LogP contribution in [0.1, 0.15) is 23.7 Å². The van der Waals surface area contributed by atoms with Crippen molar-refractivity contribution in [2.45, 2.75) is 18.9 Å². The van der Waals surface area contributed by atoms with E-state index in [0.717, 1.165) is 0 Å². The number of rotatable bonds is 3. The molecule has 1 aromatic carbocycles. The Morgan fingerprint density at radius 2 is 1.81 bits per heavy atom. The van der Waals surface area contributed by atoms with E-state index in [9.17, 15) is 14.4 Å². The van der Waals surface area contributed by atoms with Crippen molar-refractivity contribution in [1.29, 1.82) is 0 Å². The maximum atomic E-state index is 13.4. The molecule has 1 spiro atoms. The number of hydrogen-bond donors (Lipinski definition) is 0. The molecule has 0 radical (unpaired) electrons. The Hall–Kier alpha value is -2.54. The van der Waals surface area contributed by atoms with Crippen molar-refractivity contribution in [1.82, 2.24) is 4.90 Å². The van der Waals surface area contributed by atoms with E-state index < -0.39 is 23.1 Å². The number of ether oxygens (including phenoxy) is 3. The Kier molecular flexibility index (Phi) is 4.67. The summed E-state index contributed by atoms with van der Waals surface area (Å²) in [6.07, 6.45) is 1.42.